The number of sulfonamides is 1. The lowest BCUT2D eigenvalue weighted by Gasteiger charge is -2.14. The summed E-state index contributed by atoms with van der Waals surface area (Å²) >= 11 is 0. The zero-order chi connectivity index (χ0) is 23.4. The van der Waals surface area contributed by atoms with Gasteiger partial charge in [0.15, 0.2) is 11.5 Å². The molecule has 0 aromatic heterocycles. The smallest absolute Gasteiger partial charge is 0.262 e. The van der Waals surface area contributed by atoms with Gasteiger partial charge in [-0.2, -0.15) is 0 Å². The number of nitrogens with one attached hydrogen (secondary N) is 2. The fourth-order valence-corrected chi connectivity index (χ4v) is 4.35. The van der Waals surface area contributed by atoms with Crippen molar-refractivity contribution < 1.29 is 22.7 Å². The molecule has 0 radical (unpaired) electrons. The van der Waals surface area contributed by atoms with Crippen LogP contribution in [0.15, 0.2) is 71.6 Å². The molecule has 9 heteroatoms. The summed E-state index contributed by atoms with van der Waals surface area (Å²) in [4.78, 5) is 14.6. The molecule has 0 saturated heterocycles. The summed E-state index contributed by atoms with van der Waals surface area (Å²) in [6.45, 7) is 0.998. The number of benzene rings is 3. The molecule has 3 aromatic carbocycles. The summed E-state index contributed by atoms with van der Waals surface area (Å²) in [7, 11) is -0.0163. The Balaban J connectivity index is 1.44. The average molecular weight is 468 g/mol. The van der Waals surface area contributed by atoms with Gasteiger partial charge >= 0.3 is 0 Å². The molecule has 172 valence electrons. The predicted octanol–water partition coefficient (Wildman–Crippen LogP) is 3.97. The lowest BCUT2D eigenvalue weighted by atomic mass is 10.1. The first-order valence-corrected chi connectivity index (χ1v) is 11.9. The van der Waals surface area contributed by atoms with Crippen LogP contribution in [0.4, 0.5) is 17.1 Å². The van der Waals surface area contributed by atoms with E-state index in [0.717, 1.165) is 12.1 Å². The van der Waals surface area contributed by atoms with E-state index in [1.54, 1.807) is 42.5 Å². The summed E-state index contributed by atoms with van der Waals surface area (Å²) in [5, 5.41) is 2.82. The molecule has 0 aliphatic carbocycles. The van der Waals surface area contributed by atoms with Crippen LogP contribution in [0.25, 0.3) is 0 Å². The molecule has 8 nitrogen and oxygen atoms in total. The van der Waals surface area contributed by atoms with Gasteiger partial charge in [0.1, 0.15) is 0 Å². The van der Waals surface area contributed by atoms with Crippen LogP contribution in [0.5, 0.6) is 11.5 Å². The van der Waals surface area contributed by atoms with Crippen LogP contribution in [0.3, 0.4) is 0 Å². The van der Waals surface area contributed by atoms with Gasteiger partial charge in [0, 0.05) is 49.2 Å². The standard InChI is InChI=1S/C24H25N3O5S/c1-27(2)20-6-3-5-17(15-20)24(28)25-18-7-9-19(10-8-18)26-33(29,30)21-11-12-22-23(16-21)32-14-4-13-31-22/h3,5-12,15-16,26H,4,13-14H2,1-2H3,(H,25,28). The van der Waals surface area contributed by atoms with Crippen molar-refractivity contribution in [1.82, 2.24) is 0 Å². The number of amides is 1. The minimum Gasteiger partial charge on any atom is -0.490 e. The second-order valence-electron chi connectivity index (χ2n) is 7.74. The normalized spacial score (nSPS) is 13.0. The van der Waals surface area contributed by atoms with E-state index in [1.807, 2.05) is 31.1 Å². The van der Waals surface area contributed by atoms with Gasteiger partial charge in [-0.05, 0) is 54.6 Å². The average Bonchev–Trinajstić information content (AvgIpc) is 3.05. The molecule has 1 amide bonds. The number of carbonyl (C=O) groups is 1. The van der Waals surface area contributed by atoms with E-state index in [1.165, 1.54) is 12.1 Å². The molecule has 1 heterocycles. The summed E-state index contributed by atoms with van der Waals surface area (Å²) < 4.78 is 39.3. The molecule has 0 atom stereocenters. The van der Waals surface area contributed by atoms with Crippen LogP contribution in [-0.2, 0) is 10.0 Å². The summed E-state index contributed by atoms with van der Waals surface area (Å²) in [5.74, 6) is 0.689. The number of nitrogens with zero attached hydrogens (tertiary/aromatic N) is 1. The van der Waals surface area contributed by atoms with Gasteiger partial charge in [0.25, 0.3) is 15.9 Å². The number of fused-ring (bicyclic) bond motifs is 1. The van der Waals surface area contributed by atoms with Gasteiger partial charge in [0.2, 0.25) is 0 Å². The van der Waals surface area contributed by atoms with E-state index >= 15 is 0 Å². The molecule has 3 aromatic rings. The van der Waals surface area contributed by atoms with E-state index in [2.05, 4.69) is 10.0 Å². The van der Waals surface area contributed by atoms with Crippen molar-refractivity contribution in [2.24, 2.45) is 0 Å². The van der Waals surface area contributed by atoms with Crippen LogP contribution in [0.1, 0.15) is 16.8 Å². The lowest BCUT2D eigenvalue weighted by molar-refractivity contribution is 0.102. The quantitative estimate of drug-likeness (QED) is 0.570. The molecule has 1 aliphatic rings. The first-order chi connectivity index (χ1) is 15.8. The van der Waals surface area contributed by atoms with Crippen molar-refractivity contribution in [3.05, 3.63) is 72.3 Å². The van der Waals surface area contributed by atoms with E-state index in [4.69, 9.17) is 9.47 Å². The van der Waals surface area contributed by atoms with Crippen molar-refractivity contribution in [2.45, 2.75) is 11.3 Å². The van der Waals surface area contributed by atoms with Crippen LogP contribution >= 0.6 is 0 Å². The maximum atomic E-state index is 12.8. The van der Waals surface area contributed by atoms with E-state index in [9.17, 15) is 13.2 Å². The van der Waals surface area contributed by atoms with Crippen molar-refractivity contribution >= 4 is 33.0 Å². The van der Waals surface area contributed by atoms with Crippen LogP contribution in [0, 0.1) is 0 Å². The van der Waals surface area contributed by atoms with Crippen LogP contribution < -0.4 is 24.4 Å². The fourth-order valence-electron chi connectivity index (χ4n) is 3.28. The Morgan fingerprint density at radius 1 is 0.879 bits per heavy atom. The number of ether oxygens (including phenoxy) is 2. The molecule has 0 unspecified atom stereocenters. The molecule has 0 spiro atoms. The van der Waals surface area contributed by atoms with E-state index in [-0.39, 0.29) is 10.8 Å². The van der Waals surface area contributed by atoms with Crippen molar-refractivity contribution in [1.29, 1.82) is 0 Å². The van der Waals surface area contributed by atoms with Gasteiger partial charge in [-0.3, -0.25) is 9.52 Å². The Morgan fingerprint density at radius 3 is 2.30 bits per heavy atom. The molecular formula is C24H25N3O5S. The summed E-state index contributed by atoms with van der Waals surface area (Å²) in [5.41, 5.74) is 2.37. The zero-order valence-electron chi connectivity index (χ0n) is 18.4. The number of carbonyl (C=O) groups excluding carboxylic acids is 1. The Labute approximate surface area is 193 Å². The minimum atomic E-state index is -3.83. The van der Waals surface area contributed by atoms with Crippen molar-refractivity contribution in [2.75, 3.05) is 42.2 Å². The molecule has 2 N–H and O–H groups in total. The van der Waals surface area contributed by atoms with Gasteiger partial charge < -0.3 is 19.7 Å². The van der Waals surface area contributed by atoms with Gasteiger partial charge in [-0.15, -0.1) is 0 Å². The third-order valence-electron chi connectivity index (χ3n) is 5.05. The zero-order valence-corrected chi connectivity index (χ0v) is 19.2. The third kappa shape index (κ3) is 5.38. The Hall–Kier alpha value is -3.72. The molecule has 0 fully saturated rings. The Kier molecular flexibility index (Phi) is 6.41. The first kappa shape index (κ1) is 22.5. The maximum Gasteiger partial charge on any atom is 0.262 e. The molecule has 1 aliphatic heterocycles. The second-order valence-corrected chi connectivity index (χ2v) is 9.42. The highest BCUT2D eigenvalue weighted by Crippen LogP contribution is 2.32. The van der Waals surface area contributed by atoms with Crippen LogP contribution in [0.2, 0.25) is 0 Å². The highest BCUT2D eigenvalue weighted by atomic mass is 32.2. The Morgan fingerprint density at radius 2 is 1.58 bits per heavy atom. The van der Waals surface area contributed by atoms with Gasteiger partial charge in [0.05, 0.1) is 18.1 Å². The monoisotopic (exact) mass is 467 g/mol. The fraction of sp³-hybridized carbons (Fsp3) is 0.208. The molecular weight excluding hydrogens is 442 g/mol. The molecule has 4 rings (SSSR count). The van der Waals surface area contributed by atoms with Gasteiger partial charge in [-0.25, -0.2) is 8.42 Å². The molecule has 0 saturated carbocycles. The first-order valence-electron chi connectivity index (χ1n) is 10.4. The molecule has 0 bridgehead atoms. The Bertz CT molecular complexity index is 1260. The number of anilines is 3. The lowest BCUT2D eigenvalue weighted by Crippen LogP contribution is -2.15. The third-order valence-corrected chi connectivity index (χ3v) is 6.43. The predicted molar refractivity (Wildman–Crippen MR) is 128 cm³/mol. The van der Waals surface area contributed by atoms with E-state index < -0.39 is 10.0 Å². The topological polar surface area (TPSA) is 97.0 Å². The molecule has 33 heavy (non-hydrogen) atoms. The number of hydrogen-bond acceptors (Lipinski definition) is 6. The van der Waals surface area contributed by atoms with E-state index in [0.29, 0.717) is 41.7 Å². The van der Waals surface area contributed by atoms with Crippen molar-refractivity contribution in [3.63, 3.8) is 0 Å². The number of hydrogen-bond donors (Lipinski definition) is 2. The minimum absolute atomic E-state index is 0.0740. The van der Waals surface area contributed by atoms with Crippen molar-refractivity contribution in [3.8, 4) is 11.5 Å². The maximum absolute atomic E-state index is 12.8. The highest BCUT2D eigenvalue weighted by molar-refractivity contribution is 7.92. The SMILES string of the molecule is CN(C)c1cccc(C(=O)Nc2ccc(NS(=O)(=O)c3ccc4c(c3)OCCCO4)cc2)c1. The second kappa shape index (κ2) is 9.41. The summed E-state index contributed by atoms with van der Waals surface area (Å²) in [6, 6.07) is 18.3. The van der Waals surface area contributed by atoms with Crippen LogP contribution in [-0.4, -0.2) is 41.6 Å². The number of rotatable bonds is 6. The highest BCUT2D eigenvalue weighted by Gasteiger charge is 2.19. The van der Waals surface area contributed by atoms with Gasteiger partial charge in [-0.1, -0.05) is 6.07 Å². The largest absolute Gasteiger partial charge is 0.490 e. The summed E-state index contributed by atoms with van der Waals surface area (Å²) in [6.07, 6.45) is 0.735.